The van der Waals surface area contributed by atoms with Crippen molar-refractivity contribution in [3.8, 4) is 0 Å². The zero-order chi connectivity index (χ0) is 15.1. The number of nitrogens with zero attached hydrogens (tertiary/aromatic N) is 4. The van der Waals surface area contributed by atoms with Gasteiger partial charge in [0.05, 0.1) is 17.6 Å². The molecule has 1 aliphatic rings. The molecule has 0 bridgehead atoms. The van der Waals surface area contributed by atoms with Gasteiger partial charge in [-0.1, -0.05) is 6.07 Å². The molecule has 1 N–H and O–H groups in total. The minimum absolute atomic E-state index is 0.570. The Bertz CT molecular complexity index is 832. The summed E-state index contributed by atoms with van der Waals surface area (Å²) in [4.78, 5) is 13.6. The van der Waals surface area contributed by atoms with E-state index in [1.807, 2.05) is 12.3 Å². The number of aryl methyl sites for hydroxylation is 2. The molecule has 1 aromatic carbocycles. The number of hydrogen-bond acceptors (Lipinski definition) is 4. The summed E-state index contributed by atoms with van der Waals surface area (Å²) in [6.45, 7) is 2.75. The first-order valence-corrected chi connectivity index (χ1v) is 7.69. The number of anilines is 1. The highest BCUT2D eigenvalue weighted by Crippen LogP contribution is 2.38. The molecule has 2 heterocycles. The number of imidazole rings is 1. The van der Waals surface area contributed by atoms with Crippen molar-refractivity contribution >= 4 is 16.9 Å². The Kier molecular flexibility index (Phi) is 3.06. The molecule has 1 aliphatic carbocycles. The van der Waals surface area contributed by atoms with E-state index in [1.54, 1.807) is 0 Å². The van der Waals surface area contributed by atoms with Gasteiger partial charge in [0, 0.05) is 19.2 Å². The summed E-state index contributed by atoms with van der Waals surface area (Å²) in [5.41, 5.74) is 3.43. The fourth-order valence-electron chi connectivity index (χ4n) is 2.70. The Hall–Kier alpha value is -2.43. The van der Waals surface area contributed by atoms with Crippen molar-refractivity contribution in [1.29, 1.82) is 0 Å². The van der Waals surface area contributed by atoms with Crippen molar-refractivity contribution in [3.63, 3.8) is 0 Å². The summed E-state index contributed by atoms with van der Waals surface area (Å²) in [7, 11) is 2.05. The average Bonchev–Trinajstić information content (AvgIpc) is 3.32. The SMILES string of the molecule is Cc1ccc2c(c1)nc(CNc1ccnc(C3CC3)n1)n2C. The second kappa shape index (κ2) is 5.09. The normalized spacial score (nSPS) is 14.5. The lowest BCUT2D eigenvalue weighted by Gasteiger charge is -2.07. The van der Waals surface area contributed by atoms with Crippen LogP contribution in [0.5, 0.6) is 0 Å². The first kappa shape index (κ1) is 13.2. The van der Waals surface area contributed by atoms with Gasteiger partial charge in [-0.2, -0.15) is 0 Å². The van der Waals surface area contributed by atoms with E-state index >= 15 is 0 Å². The van der Waals surface area contributed by atoms with E-state index in [2.05, 4.69) is 52.0 Å². The molecule has 5 heteroatoms. The van der Waals surface area contributed by atoms with Gasteiger partial charge < -0.3 is 9.88 Å². The topological polar surface area (TPSA) is 55.6 Å². The van der Waals surface area contributed by atoms with Crippen LogP contribution in [0.2, 0.25) is 0 Å². The first-order chi connectivity index (χ1) is 10.7. The smallest absolute Gasteiger partial charge is 0.133 e. The lowest BCUT2D eigenvalue weighted by atomic mass is 10.2. The second-order valence-electron chi connectivity index (χ2n) is 6.01. The number of nitrogens with one attached hydrogen (secondary N) is 1. The van der Waals surface area contributed by atoms with E-state index < -0.39 is 0 Å². The van der Waals surface area contributed by atoms with E-state index in [0.717, 1.165) is 28.5 Å². The maximum atomic E-state index is 4.72. The van der Waals surface area contributed by atoms with Crippen LogP contribution in [0.3, 0.4) is 0 Å². The maximum absolute atomic E-state index is 4.72. The molecule has 5 nitrogen and oxygen atoms in total. The lowest BCUT2D eigenvalue weighted by molar-refractivity contribution is 0.828. The maximum Gasteiger partial charge on any atom is 0.133 e. The Morgan fingerprint density at radius 3 is 2.91 bits per heavy atom. The highest BCUT2D eigenvalue weighted by Gasteiger charge is 2.26. The molecule has 0 atom stereocenters. The van der Waals surface area contributed by atoms with Crippen molar-refractivity contribution in [2.45, 2.75) is 32.2 Å². The molecular formula is C17H19N5. The number of fused-ring (bicyclic) bond motifs is 1. The third kappa shape index (κ3) is 2.43. The van der Waals surface area contributed by atoms with Crippen LogP contribution in [-0.4, -0.2) is 19.5 Å². The second-order valence-corrected chi connectivity index (χ2v) is 6.01. The van der Waals surface area contributed by atoms with Gasteiger partial charge in [-0.05, 0) is 43.5 Å². The van der Waals surface area contributed by atoms with Crippen LogP contribution < -0.4 is 5.32 Å². The molecule has 3 aromatic rings. The van der Waals surface area contributed by atoms with Gasteiger partial charge in [-0.25, -0.2) is 15.0 Å². The fourth-order valence-corrected chi connectivity index (χ4v) is 2.70. The van der Waals surface area contributed by atoms with Crippen LogP contribution in [0, 0.1) is 6.92 Å². The standard InChI is InChI=1S/C17H19N5/c1-11-3-6-14-13(9-11)20-16(22(14)2)10-19-15-7-8-18-17(21-15)12-4-5-12/h3,6-9,12H,4-5,10H2,1-2H3,(H,18,19,21). The highest BCUT2D eigenvalue weighted by atomic mass is 15.1. The zero-order valence-electron chi connectivity index (χ0n) is 12.9. The molecule has 0 spiro atoms. The molecule has 112 valence electrons. The third-order valence-corrected chi connectivity index (χ3v) is 4.17. The van der Waals surface area contributed by atoms with Gasteiger partial charge in [0.15, 0.2) is 0 Å². The molecule has 0 radical (unpaired) electrons. The lowest BCUT2D eigenvalue weighted by Crippen LogP contribution is -2.08. The third-order valence-electron chi connectivity index (χ3n) is 4.17. The largest absolute Gasteiger partial charge is 0.363 e. The first-order valence-electron chi connectivity index (χ1n) is 7.69. The molecule has 0 unspecified atom stereocenters. The minimum atomic E-state index is 0.570. The van der Waals surface area contributed by atoms with E-state index in [-0.39, 0.29) is 0 Å². The summed E-state index contributed by atoms with van der Waals surface area (Å²) >= 11 is 0. The van der Waals surface area contributed by atoms with Crippen molar-refractivity contribution in [2.24, 2.45) is 7.05 Å². The van der Waals surface area contributed by atoms with Gasteiger partial charge in [0.2, 0.25) is 0 Å². The number of hydrogen-bond donors (Lipinski definition) is 1. The fraction of sp³-hybridized carbons (Fsp3) is 0.353. The molecule has 0 amide bonds. The minimum Gasteiger partial charge on any atom is -0.363 e. The van der Waals surface area contributed by atoms with Crippen molar-refractivity contribution in [3.05, 3.63) is 47.7 Å². The van der Waals surface area contributed by atoms with Gasteiger partial charge in [-0.15, -0.1) is 0 Å². The van der Waals surface area contributed by atoms with Crippen molar-refractivity contribution in [2.75, 3.05) is 5.32 Å². The molecule has 1 saturated carbocycles. The number of benzene rings is 1. The number of aromatic nitrogens is 4. The highest BCUT2D eigenvalue weighted by molar-refractivity contribution is 5.76. The number of rotatable bonds is 4. The predicted octanol–water partition coefficient (Wildman–Crippen LogP) is 3.16. The Labute approximate surface area is 129 Å². The van der Waals surface area contributed by atoms with Gasteiger partial charge in [0.1, 0.15) is 17.5 Å². The van der Waals surface area contributed by atoms with Gasteiger partial charge >= 0.3 is 0 Å². The van der Waals surface area contributed by atoms with Gasteiger partial charge in [0.25, 0.3) is 0 Å². The molecule has 0 saturated heterocycles. The molecule has 22 heavy (non-hydrogen) atoms. The molecule has 1 fully saturated rings. The Morgan fingerprint density at radius 2 is 2.09 bits per heavy atom. The molecule has 0 aliphatic heterocycles. The predicted molar refractivity (Wildman–Crippen MR) is 86.8 cm³/mol. The van der Waals surface area contributed by atoms with Crippen molar-refractivity contribution in [1.82, 2.24) is 19.5 Å². The van der Waals surface area contributed by atoms with E-state index in [4.69, 9.17) is 4.98 Å². The molecule has 4 rings (SSSR count). The monoisotopic (exact) mass is 293 g/mol. The Balaban J connectivity index is 1.56. The van der Waals surface area contributed by atoms with Crippen LogP contribution in [-0.2, 0) is 13.6 Å². The summed E-state index contributed by atoms with van der Waals surface area (Å²) in [5.74, 6) is 3.42. The van der Waals surface area contributed by atoms with Crippen LogP contribution in [0.25, 0.3) is 11.0 Å². The molecular weight excluding hydrogens is 274 g/mol. The zero-order valence-corrected chi connectivity index (χ0v) is 12.9. The van der Waals surface area contributed by atoms with Gasteiger partial charge in [-0.3, -0.25) is 0 Å². The van der Waals surface area contributed by atoms with Crippen LogP contribution in [0.1, 0.15) is 36.0 Å². The summed E-state index contributed by atoms with van der Waals surface area (Å²) in [6, 6.07) is 8.28. The van der Waals surface area contributed by atoms with Crippen LogP contribution >= 0.6 is 0 Å². The molecule has 2 aromatic heterocycles. The average molecular weight is 293 g/mol. The summed E-state index contributed by atoms with van der Waals surface area (Å²) in [5, 5.41) is 3.37. The van der Waals surface area contributed by atoms with E-state index in [0.29, 0.717) is 12.5 Å². The Morgan fingerprint density at radius 1 is 1.23 bits per heavy atom. The summed E-state index contributed by atoms with van der Waals surface area (Å²) < 4.78 is 2.13. The van der Waals surface area contributed by atoms with Crippen LogP contribution in [0.15, 0.2) is 30.5 Å². The van der Waals surface area contributed by atoms with E-state index in [9.17, 15) is 0 Å². The van der Waals surface area contributed by atoms with Crippen LogP contribution in [0.4, 0.5) is 5.82 Å². The summed E-state index contributed by atoms with van der Waals surface area (Å²) in [6.07, 6.45) is 4.27. The van der Waals surface area contributed by atoms with Crippen molar-refractivity contribution < 1.29 is 0 Å². The van der Waals surface area contributed by atoms with E-state index in [1.165, 1.54) is 18.4 Å². The quantitative estimate of drug-likeness (QED) is 0.803.